The van der Waals surface area contributed by atoms with Gasteiger partial charge in [0.2, 0.25) is 0 Å². The van der Waals surface area contributed by atoms with Gasteiger partial charge in [-0.2, -0.15) is 0 Å². The van der Waals surface area contributed by atoms with Crippen molar-refractivity contribution in [3.63, 3.8) is 0 Å². The van der Waals surface area contributed by atoms with E-state index in [4.69, 9.17) is 0 Å². The summed E-state index contributed by atoms with van der Waals surface area (Å²) in [6.45, 7) is 0. The Kier molecular flexibility index (Phi) is 1.77. The van der Waals surface area contributed by atoms with Crippen molar-refractivity contribution in [2.24, 2.45) is 0 Å². The molecule has 2 aliphatic rings. The van der Waals surface area contributed by atoms with Crippen LogP contribution in [0.5, 0.6) is 0 Å². The van der Waals surface area contributed by atoms with E-state index >= 15 is 0 Å². The molecule has 0 spiro atoms. The molecule has 0 aromatic heterocycles. The number of hydrogen-bond donors (Lipinski definition) is 0. The van der Waals surface area contributed by atoms with Crippen LogP contribution in [0.25, 0.3) is 24.3 Å². The highest BCUT2D eigenvalue weighted by atomic mass is 16.1. The van der Waals surface area contributed by atoms with Gasteiger partial charge in [0.1, 0.15) is 0 Å². The Morgan fingerprint density at radius 3 is 1.50 bits per heavy atom. The minimum Gasteiger partial charge on any atom is -0.290 e. The fourth-order valence-electron chi connectivity index (χ4n) is 2.03. The summed E-state index contributed by atoms with van der Waals surface area (Å²) in [5.74, 6) is 0.0135. The first-order chi connectivity index (χ1) is 7.74. The second kappa shape index (κ2) is 3.14. The summed E-state index contributed by atoms with van der Waals surface area (Å²) < 4.78 is 0. The van der Waals surface area contributed by atoms with Gasteiger partial charge in [-0.25, -0.2) is 0 Å². The highest BCUT2D eigenvalue weighted by Gasteiger charge is 2.09. The van der Waals surface area contributed by atoms with E-state index in [9.17, 15) is 9.59 Å². The molecule has 0 saturated heterocycles. The summed E-state index contributed by atoms with van der Waals surface area (Å²) >= 11 is 0. The zero-order valence-corrected chi connectivity index (χ0v) is 8.44. The number of fused-ring (bicyclic) bond motifs is 3. The highest BCUT2D eigenvalue weighted by molar-refractivity contribution is 6.19. The van der Waals surface area contributed by atoms with Gasteiger partial charge < -0.3 is 0 Å². The van der Waals surface area contributed by atoms with Crippen LogP contribution in [0.4, 0.5) is 0 Å². The number of carbonyl (C=O) groups is 2. The van der Waals surface area contributed by atoms with Gasteiger partial charge in [0.25, 0.3) is 0 Å². The van der Waals surface area contributed by atoms with E-state index in [-0.39, 0.29) is 11.6 Å². The predicted octanol–water partition coefficient (Wildman–Crippen LogP) is 0.439. The Bertz CT molecular complexity index is 627. The lowest BCUT2D eigenvalue weighted by molar-refractivity contribution is -0.110. The molecule has 2 heteroatoms. The Morgan fingerprint density at radius 2 is 1.06 bits per heavy atom. The third-order valence-corrected chi connectivity index (χ3v) is 2.78. The zero-order chi connectivity index (χ0) is 11.1. The maximum absolute atomic E-state index is 11.2. The molecule has 0 N–H and O–H groups in total. The van der Waals surface area contributed by atoms with Crippen LogP contribution in [0.15, 0.2) is 24.3 Å². The lowest BCUT2D eigenvalue weighted by atomic mass is 9.94. The van der Waals surface area contributed by atoms with Crippen molar-refractivity contribution < 1.29 is 9.59 Å². The summed E-state index contributed by atoms with van der Waals surface area (Å²) in [6.07, 6.45) is 9.94. The molecule has 0 saturated carbocycles. The highest BCUT2D eigenvalue weighted by Crippen LogP contribution is 2.10. The Hall–Kier alpha value is -2.22. The first-order valence-corrected chi connectivity index (χ1v) is 5.04. The molecule has 0 fully saturated rings. The second-order valence-electron chi connectivity index (χ2n) is 3.83. The van der Waals surface area contributed by atoms with Crippen LogP contribution < -0.4 is 10.4 Å². The van der Waals surface area contributed by atoms with Crippen molar-refractivity contribution >= 4 is 35.9 Å². The molecular weight excluding hydrogens is 200 g/mol. The summed E-state index contributed by atoms with van der Waals surface area (Å²) in [5.41, 5.74) is 2.02. The molecule has 3 rings (SSSR count). The SMILES string of the molecule is O=C1C=Cc2c3c(ccc2=C1)=CC(=O)C=C3. The average Bonchev–Trinajstić information content (AvgIpc) is 2.28. The average molecular weight is 208 g/mol. The van der Waals surface area contributed by atoms with Crippen LogP contribution in [0.1, 0.15) is 11.1 Å². The number of hydrogen-bond acceptors (Lipinski definition) is 2. The van der Waals surface area contributed by atoms with Gasteiger partial charge in [0.05, 0.1) is 0 Å². The van der Waals surface area contributed by atoms with E-state index in [2.05, 4.69) is 0 Å². The van der Waals surface area contributed by atoms with Gasteiger partial charge in [-0.1, -0.05) is 12.1 Å². The molecule has 2 aliphatic carbocycles. The monoisotopic (exact) mass is 208 g/mol. The quantitative estimate of drug-likeness (QED) is 0.620. The molecule has 0 unspecified atom stereocenters. The molecule has 2 nitrogen and oxygen atoms in total. The van der Waals surface area contributed by atoms with Gasteiger partial charge in [-0.05, 0) is 58.0 Å². The van der Waals surface area contributed by atoms with Crippen LogP contribution in [0.2, 0.25) is 0 Å². The predicted molar refractivity (Wildman–Crippen MR) is 62.7 cm³/mol. The van der Waals surface area contributed by atoms with E-state index in [1.165, 1.54) is 0 Å². The van der Waals surface area contributed by atoms with Crippen LogP contribution >= 0.6 is 0 Å². The number of carbonyl (C=O) groups excluding carboxylic acids is 2. The van der Waals surface area contributed by atoms with Gasteiger partial charge in [-0.15, -0.1) is 0 Å². The van der Waals surface area contributed by atoms with Gasteiger partial charge in [0.15, 0.2) is 11.6 Å². The number of ketones is 2. The molecule has 0 atom stereocenters. The molecule has 0 heterocycles. The summed E-state index contributed by atoms with van der Waals surface area (Å²) in [7, 11) is 0. The summed E-state index contributed by atoms with van der Waals surface area (Å²) in [4.78, 5) is 22.4. The lowest BCUT2D eigenvalue weighted by Crippen LogP contribution is -2.22. The molecule has 0 aliphatic heterocycles. The number of rotatable bonds is 0. The minimum atomic E-state index is 0.00675. The van der Waals surface area contributed by atoms with Crippen molar-refractivity contribution in [2.45, 2.75) is 0 Å². The van der Waals surface area contributed by atoms with E-state index in [1.807, 2.05) is 24.3 Å². The summed E-state index contributed by atoms with van der Waals surface area (Å²) in [5, 5.41) is 1.83. The third kappa shape index (κ3) is 1.27. The first kappa shape index (κ1) is 9.04. The first-order valence-electron chi connectivity index (χ1n) is 5.04. The molecule has 1 aromatic rings. The van der Waals surface area contributed by atoms with Crippen molar-refractivity contribution in [2.75, 3.05) is 0 Å². The lowest BCUT2D eigenvalue weighted by Gasteiger charge is -2.09. The molecule has 0 bridgehead atoms. The number of benzene rings is 1. The molecule has 76 valence electrons. The normalized spacial score (nSPS) is 16.2. The van der Waals surface area contributed by atoms with Crippen LogP contribution in [0.3, 0.4) is 0 Å². The standard InChI is InChI=1S/C14H8O2/c15-11-3-5-13-9(7-11)1-2-10-8-12(16)4-6-14(10)13/h1-8H. The Morgan fingerprint density at radius 1 is 0.625 bits per heavy atom. The van der Waals surface area contributed by atoms with E-state index in [0.717, 1.165) is 21.6 Å². The molecule has 0 radical (unpaired) electrons. The van der Waals surface area contributed by atoms with Crippen LogP contribution in [-0.4, -0.2) is 11.6 Å². The fraction of sp³-hybridized carbons (Fsp3) is 0. The van der Waals surface area contributed by atoms with Gasteiger partial charge in [0, 0.05) is 0 Å². The van der Waals surface area contributed by atoms with Crippen molar-refractivity contribution in [1.29, 1.82) is 0 Å². The maximum atomic E-state index is 11.2. The van der Waals surface area contributed by atoms with E-state index < -0.39 is 0 Å². The summed E-state index contributed by atoms with van der Waals surface area (Å²) in [6, 6.07) is 3.75. The molecular formula is C14H8O2. The minimum absolute atomic E-state index is 0.00675. The van der Waals surface area contributed by atoms with Crippen molar-refractivity contribution in [3.05, 3.63) is 45.8 Å². The molecule has 0 amide bonds. The maximum Gasteiger partial charge on any atom is 0.179 e. The van der Waals surface area contributed by atoms with Gasteiger partial charge >= 0.3 is 0 Å². The smallest absolute Gasteiger partial charge is 0.179 e. The largest absolute Gasteiger partial charge is 0.290 e. The molecule has 16 heavy (non-hydrogen) atoms. The molecule has 1 aromatic carbocycles. The van der Waals surface area contributed by atoms with Crippen molar-refractivity contribution in [3.8, 4) is 0 Å². The topological polar surface area (TPSA) is 34.1 Å². The zero-order valence-electron chi connectivity index (χ0n) is 8.44. The van der Waals surface area contributed by atoms with Crippen LogP contribution in [-0.2, 0) is 9.59 Å². The second-order valence-corrected chi connectivity index (χ2v) is 3.83. The van der Waals surface area contributed by atoms with Crippen LogP contribution in [0, 0.1) is 0 Å². The van der Waals surface area contributed by atoms with E-state index in [1.54, 1.807) is 24.3 Å². The van der Waals surface area contributed by atoms with Crippen molar-refractivity contribution in [1.82, 2.24) is 0 Å². The fourth-order valence-corrected chi connectivity index (χ4v) is 2.03. The van der Waals surface area contributed by atoms with Gasteiger partial charge in [-0.3, -0.25) is 9.59 Å². The van der Waals surface area contributed by atoms with E-state index in [0.29, 0.717) is 0 Å². The Labute approximate surface area is 91.9 Å². The number of allylic oxidation sites excluding steroid dienone is 2. The Balaban J connectivity index is 2.43. The third-order valence-electron chi connectivity index (χ3n) is 2.78.